The number of aromatic nitrogens is 2. The number of fused-ring (bicyclic) bond motifs is 2. The van der Waals surface area contributed by atoms with Gasteiger partial charge >= 0.3 is 0 Å². The van der Waals surface area contributed by atoms with E-state index in [1.807, 2.05) is 30.5 Å². The minimum atomic E-state index is 0.0317. The Kier molecular flexibility index (Phi) is 3.34. The average molecular weight is 320 g/mol. The fourth-order valence-electron chi connectivity index (χ4n) is 3.14. The van der Waals surface area contributed by atoms with Crippen LogP contribution in [0.4, 0.5) is 0 Å². The molecule has 5 nitrogen and oxygen atoms in total. The monoisotopic (exact) mass is 320 g/mol. The van der Waals surface area contributed by atoms with Crippen molar-refractivity contribution in [3.63, 3.8) is 0 Å². The summed E-state index contributed by atoms with van der Waals surface area (Å²) in [5, 5.41) is 1.00. The van der Waals surface area contributed by atoms with E-state index in [2.05, 4.69) is 9.97 Å². The maximum Gasteiger partial charge on any atom is 0.189 e. The molecule has 2 heterocycles. The Hall–Kier alpha value is -3.08. The molecule has 1 aliphatic carbocycles. The molecule has 0 unspecified atom stereocenters. The largest absolute Gasteiger partial charge is 0.493 e. The van der Waals surface area contributed by atoms with Gasteiger partial charge < -0.3 is 14.5 Å². The Morgan fingerprint density at radius 3 is 2.79 bits per heavy atom. The number of hydrogen-bond donors (Lipinski definition) is 1. The number of methoxy groups -OCH3 is 2. The van der Waals surface area contributed by atoms with Gasteiger partial charge in [-0.1, -0.05) is 0 Å². The van der Waals surface area contributed by atoms with E-state index in [1.54, 1.807) is 26.5 Å². The van der Waals surface area contributed by atoms with Crippen molar-refractivity contribution in [2.45, 2.75) is 6.42 Å². The van der Waals surface area contributed by atoms with Crippen molar-refractivity contribution in [3.8, 4) is 11.5 Å². The summed E-state index contributed by atoms with van der Waals surface area (Å²) >= 11 is 0. The lowest BCUT2D eigenvalue weighted by atomic mass is 10.1. The van der Waals surface area contributed by atoms with E-state index in [-0.39, 0.29) is 5.78 Å². The van der Waals surface area contributed by atoms with Gasteiger partial charge in [0.2, 0.25) is 0 Å². The Morgan fingerprint density at radius 2 is 2.00 bits per heavy atom. The number of H-pyrrole nitrogens is 1. The zero-order valence-corrected chi connectivity index (χ0v) is 13.4. The molecule has 0 atom stereocenters. The molecule has 24 heavy (non-hydrogen) atoms. The molecular weight excluding hydrogens is 304 g/mol. The van der Waals surface area contributed by atoms with Crippen molar-refractivity contribution >= 4 is 22.9 Å². The van der Waals surface area contributed by atoms with Gasteiger partial charge in [-0.05, 0) is 35.9 Å². The number of nitrogens with one attached hydrogen (secondary N) is 1. The molecule has 0 aliphatic heterocycles. The third-order valence-corrected chi connectivity index (χ3v) is 4.34. The quantitative estimate of drug-likeness (QED) is 0.751. The molecule has 0 radical (unpaired) electrons. The average Bonchev–Trinajstić information content (AvgIpc) is 3.16. The Morgan fingerprint density at radius 1 is 1.21 bits per heavy atom. The number of nitrogens with zero attached hydrogens (tertiary/aromatic N) is 1. The van der Waals surface area contributed by atoms with E-state index in [0.717, 1.165) is 27.7 Å². The molecule has 4 rings (SSSR count). The highest BCUT2D eigenvalue weighted by atomic mass is 16.5. The minimum absolute atomic E-state index is 0.0317. The number of carbonyl (C=O) groups excluding carboxylic acids is 1. The SMILES string of the molecule is COc1cc2c(cc1OC)C(=O)/C(=C/c1c[nH]c3ncccc13)C2. The van der Waals surface area contributed by atoms with Crippen LogP contribution >= 0.6 is 0 Å². The zero-order chi connectivity index (χ0) is 16.7. The highest BCUT2D eigenvalue weighted by Crippen LogP contribution is 2.37. The summed E-state index contributed by atoms with van der Waals surface area (Å²) in [7, 11) is 3.16. The van der Waals surface area contributed by atoms with Gasteiger partial charge in [0.15, 0.2) is 17.3 Å². The molecule has 1 N–H and O–H groups in total. The van der Waals surface area contributed by atoms with Crippen LogP contribution in [0.5, 0.6) is 11.5 Å². The van der Waals surface area contributed by atoms with Crippen LogP contribution in [0.15, 0.2) is 42.2 Å². The highest BCUT2D eigenvalue weighted by molar-refractivity contribution is 6.16. The second-order valence-electron chi connectivity index (χ2n) is 5.68. The molecule has 120 valence electrons. The first-order valence-corrected chi connectivity index (χ1v) is 7.63. The second-order valence-corrected chi connectivity index (χ2v) is 5.68. The van der Waals surface area contributed by atoms with Crippen LogP contribution in [0, 0.1) is 0 Å². The van der Waals surface area contributed by atoms with Gasteiger partial charge in [-0.3, -0.25) is 4.79 Å². The van der Waals surface area contributed by atoms with Crippen molar-refractivity contribution in [1.29, 1.82) is 0 Å². The first-order chi connectivity index (χ1) is 11.7. The van der Waals surface area contributed by atoms with Crippen LogP contribution in [0.25, 0.3) is 17.1 Å². The summed E-state index contributed by atoms with van der Waals surface area (Å²) in [6, 6.07) is 7.51. The van der Waals surface area contributed by atoms with Crippen LogP contribution < -0.4 is 9.47 Å². The summed E-state index contributed by atoms with van der Waals surface area (Å²) in [6.07, 6.45) is 6.14. The molecule has 0 amide bonds. The highest BCUT2D eigenvalue weighted by Gasteiger charge is 2.27. The number of aromatic amines is 1. The maximum absolute atomic E-state index is 12.7. The minimum Gasteiger partial charge on any atom is -0.493 e. The van der Waals surface area contributed by atoms with E-state index < -0.39 is 0 Å². The molecule has 0 spiro atoms. The summed E-state index contributed by atoms with van der Waals surface area (Å²) in [5.74, 6) is 1.24. The van der Waals surface area contributed by atoms with Crippen LogP contribution in [0.1, 0.15) is 21.5 Å². The number of ether oxygens (including phenoxy) is 2. The molecule has 0 saturated heterocycles. The number of hydrogen-bond acceptors (Lipinski definition) is 4. The van der Waals surface area contributed by atoms with E-state index in [4.69, 9.17) is 9.47 Å². The predicted octanol–water partition coefficient (Wildman–Crippen LogP) is 3.40. The van der Waals surface area contributed by atoms with Gasteiger partial charge in [0.1, 0.15) is 5.65 Å². The molecular formula is C19H16N2O3. The standard InChI is InChI=1S/C19H16N2O3/c1-23-16-8-11-6-12(18(22)15(11)9-17(16)24-2)7-13-10-21-19-14(13)4-3-5-20-19/h3-5,7-10H,6H2,1-2H3,(H,20,21)/b12-7+. The number of pyridine rings is 1. The molecule has 2 aromatic heterocycles. The lowest BCUT2D eigenvalue weighted by Gasteiger charge is -2.08. The molecule has 5 heteroatoms. The van der Waals surface area contributed by atoms with E-state index in [9.17, 15) is 4.79 Å². The lowest BCUT2D eigenvalue weighted by Crippen LogP contribution is -1.97. The van der Waals surface area contributed by atoms with Gasteiger partial charge in [-0.15, -0.1) is 0 Å². The summed E-state index contributed by atoms with van der Waals surface area (Å²) in [5.41, 5.74) is 4.17. The first-order valence-electron chi connectivity index (χ1n) is 7.63. The van der Waals surface area contributed by atoms with E-state index in [0.29, 0.717) is 23.5 Å². The first kappa shape index (κ1) is 14.5. The molecule has 0 saturated carbocycles. The van der Waals surface area contributed by atoms with Crippen LogP contribution in [-0.2, 0) is 6.42 Å². The lowest BCUT2D eigenvalue weighted by molar-refractivity contribution is 0.104. The van der Waals surface area contributed by atoms with Gasteiger partial charge in [-0.2, -0.15) is 0 Å². The maximum atomic E-state index is 12.7. The fourth-order valence-corrected chi connectivity index (χ4v) is 3.14. The van der Waals surface area contributed by atoms with Crippen LogP contribution in [-0.4, -0.2) is 30.0 Å². The number of allylic oxidation sites excluding steroid dienone is 1. The number of benzene rings is 1. The van der Waals surface area contributed by atoms with E-state index >= 15 is 0 Å². The fraction of sp³-hybridized carbons (Fsp3) is 0.158. The van der Waals surface area contributed by atoms with Crippen LogP contribution in [0.2, 0.25) is 0 Å². The summed E-state index contributed by atoms with van der Waals surface area (Å²) < 4.78 is 10.6. The van der Waals surface area contributed by atoms with Gasteiger partial charge in [0.25, 0.3) is 0 Å². The van der Waals surface area contributed by atoms with Crippen molar-refractivity contribution in [1.82, 2.24) is 9.97 Å². The summed E-state index contributed by atoms with van der Waals surface area (Å²) in [6.45, 7) is 0. The van der Waals surface area contributed by atoms with E-state index in [1.165, 1.54) is 0 Å². The third kappa shape index (κ3) is 2.17. The number of ketones is 1. The zero-order valence-electron chi connectivity index (χ0n) is 13.4. The molecule has 0 fully saturated rings. The second kappa shape index (κ2) is 5.53. The van der Waals surface area contributed by atoms with Crippen LogP contribution in [0.3, 0.4) is 0 Å². The third-order valence-electron chi connectivity index (χ3n) is 4.34. The van der Waals surface area contributed by atoms with Gasteiger partial charge in [0.05, 0.1) is 14.2 Å². The smallest absolute Gasteiger partial charge is 0.189 e. The Balaban J connectivity index is 1.77. The van der Waals surface area contributed by atoms with Crippen molar-refractivity contribution in [2.24, 2.45) is 0 Å². The molecule has 1 aliphatic rings. The van der Waals surface area contributed by atoms with Crippen molar-refractivity contribution in [3.05, 3.63) is 58.9 Å². The normalized spacial score (nSPS) is 15.1. The Bertz CT molecular complexity index is 985. The van der Waals surface area contributed by atoms with Gasteiger partial charge in [-0.25, -0.2) is 4.98 Å². The van der Waals surface area contributed by atoms with Crippen molar-refractivity contribution < 1.29 is 14.3 Å². The molecule has 3 aromatic rings. The molecule has 1 aromatic carbocycles. The number of carbonyl (C=O) groups is 1. The van der Waals surface area contributed by atoms with Crippen molar-refractivity contribution in [2.75, 3.05) is 14.2 Å². The Labute approximate surface area is 138 Å². The molecule has 0 bridgehead atoms. The van der Waals surface area contributed by atoms with Gasteiger partial charge in [0, 0.05) is 40.9 Å². The predicted molar refractivity (Wildman–Crippen MR) is 91.7 cm³/mol. The summed E-state index contributed by atoms with van der Waals surface area (Å²) in [4.78, 5) is 20.1. The number of Topliss-reactive ketones (excluding diaryl/α,β-unsaturated/α-hetero) is 1. The topological polar surface area (TPSA) is 64.2 Å². The number of rotatable bonds is 3.